The first-order chi connectivity index (χ1) is 10.0. The third kappa shape index (κ3) is 3.58. The molecule has 0 atom stereocenters. The van der Waals surface area contributed by atoms with Gasteiger partial charge in [0.05, 0.1) is 12.7 Å². The van der Waals surface area contributed by atoms with Crippen molar-refractivity contribution in [2.75, 3.05) is 14.2 Å². The Morgan fingerprint density at radius 2 is 2.19 bits per heavy atom. The molecule has 0 saturated heterocycles. The van der Waals surface area contributed by atoms with Crippen LogP contribution in [0.1, 0.15) is 15.9 Å². The Kier molecular flexibility index (Phi) is 4.90. The van der Waals surface area contributed by atoms with Crippen LogP contribution in [-0.4, -0.2) is 29.9 Å². The minimum absolute atomic E-state index is 0.183. The van der Waals surface area contributed by atoms with Gasteiger partial charge in [-0.15, -0.1) is 0 Å². The number of amides is 1. The number of benzene rings is 1. The molecule has 0 radical (unpaired) electrons. The predicted octanol–water partition coefficient (Wildman–Crippen LogP) is 3.26. The summed E-state index contributed by atoms with van der Waals surface area (Å²) in [5.41, 5.74) is 1.15. The Bertz CT molecular complexity index is 664. The van der Waals surface area contributed by atoms with Gasteiger partial charge >= 0.3 is 0 Å². The Hall–Kier alpha value is -1.95. The second kappa shape index (κ2) is 6.67. The highest BCUT2D eigenvalue weighted by atomic mass is 79.9. The third-order valence-corrected chi connectivity index (χ3v) is 3.60. The van der Waals surface area contributed by atoms with Gasteiger partial charge in [-0.2, -0.15) is 0 Å². The molecule has 0 bridgehead atoms. The van der Waals surface area contributed by atoms with E-state index < -0.39 is 5.82 Å². The normalized spacial score (nSPS) is 10.3. The standard InChI is InChI=1S/C15H14BrFN2O2/c1-19(15(20)11-4-3-7-18-14(11)16)9-10-5-6-13(21-2)12(17)8-10/h3-8H,9H2,1-2H3. The maximum absolute atomic E-state index is 13.6. The van der Waals surface area contributed by atoms with Gasteiger partial charge in [-0.3, -0.25) is 4.79 Å². The summed E-state index contributed by atoms with van der Waals surface area (Å²) in [4.78, 5) is 17.8. The molecule has 0 N–H and O–H groups in total. The number of carbonyl (C=O) groups excluding carboxylic acids is 1. The highest BCUT2D eigenvalue weighted by Gasteiger charge is 2.16. The summed E-state index contributed by atoms with van der Waals surface area (Å²) in [6, 6.07) is 8.01. The zero-order valence-electron chi connectivity index (χ0n) is 11.6. The van der Waals surface area contributed by atoms with Crippen LogP contribution >= 0.6 is 15.9 Å². The lowest BCUT2D eigenvalue weighted by molar-refractivity contribution is 0.0783. The molecule has 0 aliphatic rings. The Balaban J connectivity index is 2.14. The fraction of sp³-hybridized carbons (Fsp3) is 0.200. The van der Waals surface area contributed by atoms with Crippen LogP contribution in [0.3, 0.4) is 0 Å². The SMILES string of the molecule is COc1ccc(CN(C)C(=O)c2cccnc2Br)cc1F. The lowest BCUT2D eigenvalue weighted by Crippen LogP contribution is -2.26. The van der Waals surface area contributed by atoms with Crippen molar-refractivity contribution >= 4 is 21.8 Å². The molecule has 21 heavy (non-hydrogen) atoms. The first-order valence-corrected chi connectivity index (χ1v) is 7.00. The van der Waals surface area contributed by atoms with Gasteiger partial charge in [0.15, 0.2) is 11.6 Å². The number of rotatable bonds is 4. The van der Waals surface area contributed by atoms with Gasteiger partial charge in [-0.25, -0.2) is 9.37 Å². The summed E-state index contributed by atoms with van der Waals surface area (Å²) in [7, 11) is 3.07. The molecular weight excluding hydrogens is 339 g/mol. The van der Waals surface area contributed by atoms with Crippen LogP contribution < -0.4 is 4.74 Å². The molecule has 0 spiro atoms. The van der Waals surface area contributed by atoms with E-state index in [1.807, 2.05) is 0 Å². The number of ether oxygens (including phenoxy) is 1. The molecule has 1 aromatic heterocycles. The molecule has 6 heteroatoms. The topological polar surface area (TPSA) is 42.4 Å². The molecule has 1 heterocycles. The number of methoxy groups -OCH3 is 1. The number of hydrogen-bond donors (Lipinski definition) is 0. The van der Waals surface area contributed by atoms with Crippen molar-refractivity contribution in [2.45, 2.75) is 6.54 Å². The van der Waals surface area contributed by atoms with Gasteiger partial charge in [0.1, 0.15) is 4.60 Å². The average molecular weight is 353 g/mol. The van der Waals surface area contributed by atoms with Crippen LogP contribution in [0, 0.1) is 5.82 Å². The van der Waals surface area contributed by atoms with E-state index in [0.717, 1.165) is 0 Å². The van der Waals surface area contributed by atoms with Crippen LogP contribution in [0.25, 0.3) is 0 Å². The van der Waals surface area contributed by atoms with Gasteiger partial charge in [0.25, 0.3) is 5.91 Å². The summed E-state index contributed by atoms with van der Waals surface area (Å²) in [6.45, 7) is 0.293. The molecule has 0 aliphatic heterocycles. The number of pyridine rings is 1. The monoisotopic (exact) mass is 352 g/mol. The van der Waals surface area contributed by atoms with E-state index in [1.165, 1.54) is 18.1 Å². The van der Waals surface area contributed by atoms with E-state index in [2.05, 4.69) is 20.9 Å². The summed E-state index contributed by atoms with van der Waals surface area (Å²) in [5, 5.41) is 0. The van der Waals surface area contributed by atoms with Crippen molar-refractivity contribution in [3.8, 4) is 5.75 Å². The molecule has 0 saturated carbocycles. The van der Waals surface area contributed by atoms with Crippen molar-refractivity contribution < 1.29 is 13.9 Å². The largest absolute Gasteiger partial charge is 0.494 e. The first-order valence-electron chi connectivity index (χ1n) is 6.21. The quantitative estimate of drug-likeness (QED) is 0.793. The Labute approximate surface area is 130 Å². The first kappa shape index (κ1) is 15.4. The molecule has 2 rings (SSSR count). The lowest BCUT2D eigenvalue weighted by atomic mass is 10.2. The van der Waals surface area contributed by atoms with Crippen molar-refractivity contribution in [1.29, 1.82) is 0 Å². The summed E-state index contributed by atoms with van der Waals surface area (Å²) < 4.78 is 19.0. The fourth-order valence-corrected chi connectivity index (χ4v) is 2.33. The zero-order chi connectivity index (χ0) is 15.4. The second-order valence-corrected chi connectivity index (χ2v) is 5.22. The van der Waals surface area contributed by atoms with E-state index in [4.69, 9.17) is 4.74 Å². The number of nitrogens with zero attached hydrogens (tertiary/aromatic N) is 2. The Morgan fingerprint density at radius 3 is 2.81 bits per heavy atom. The van der Waals surface area contributed by atoms with Crippen molar-refractivity contribution in [1.82, 2.24) is 9.88 Å². The molecule has 0 aliphatic carbocycles. The minimum Gasteiger partial charge on any atom is -0.494 e. The van der Waals surface area contributed by atoms with E-state index in [9.17, 15) is 9.18 Å². The number of halogens is 2. The van der Waals surface area contributed by atoms with Crippen molar-refractivity contribution in [3.05, 3.63) is 58.1 Å². The van der Waals surface area contributed by atoms with E-state index in [0.29, 0.717) is 22.3 Å². The molecule has 0 fully saturated rings. The molecular formula is C15H14BrFN2O2. The van der Waals surface area contributed by atoms with Crippen LogP contribution in [-0.2, 0) is 6.54 Å². The van der Waals surface area contributed by atoms with E-state index >= 15 is 0 Å². The van der Waals surface area contributed by atoms with E-state index in [-0.39, 0.29) is 11.7 Å². The highest BCUT2D eigenvalue weighted by Crippen LogP contribution is 2.20. The molecule has 4 nitrogen and oxygen atoms in total. The van der Waals surface area contributed by atoms with Gasteiger partial charge in [0.2, 0.25) is 0 Å². The van der Waals surface area contributed by atoms with Crippen molar-refractivity contribution in [3.63, 3.8) is 0 Å². The molecule has 0 unspecified atom stereocenters. The van der Waals surface area contributed by atoms with Crippen LogP contribution in [0.4, 0.5) is 4.39 Å². The van der Waals surface area contributed by atoms with Crippen molar-refractivity contribution in [2.24, 2.45) is 0 Å². The number of aromatic nitrogens is 1. The minimum atomic E-state index is -0.446. The second-order valence-electron chi connectivity index (χ2n) is 4.47. The molecule has 1 amide bonds. The maximum Gasteiger partial charge on any atom is 0.256 e. The molecule has 2 aromatic rings. The molecule has 110 valence electrons. The maximum atomic E-state index is 13.6. The predicted molar refractivity (Wildman–Crippen MR) is 80.7 cm³/mol. The smallest absolute Gasteiger partial charge is 0.256 e. The van der Waals surface area contributed by atoms with Gasteiger partial charge in [0, 0.05) is 19.8 Å². The fourth-order valence-electron chi connectivity index (χ4n) is 1.91. The van der Waals surface area contributed by atoms with Crippen LogP contribution in [0.15, 0.2) is 41.1 Å². The lowest BCUT2D eigenvalue weighted by Gasteiger charge is -2.18. The number of carbonyl (C=O) groups is 1. The third-order valence-electron chi connectivity index (χ3n) is 2.97. The highest BCUT2D eigenvalue weighted by molar-refractivity contribution is 9.10. The average Bonchev–Trinajstić information content (AvgIpc) is 2.47. The summed E-state index contributed by atoms with van der Waals surface area (Å²) in [6.07, 6.45) is 1.60. The summed E-state index contributed by atoms with van der Waals surface area (Å²) >= 11 is 3.25. The number of hydrogen-bond acceptors (Lipinski definition) is 3. The Morgan fingerprint density at radius 1 is 1.43 bits per heavy atom. The molecule has 1 aromatic carbocycles. The van der Waals surface area contributed by atoms with Gasteiger partial charge in [-0.05, 0) is 45.8 Å². The van der Waals surface area contributed by atoms with Crippen LogP contribution in [0.2, 0.25) is 0 Å². The zero-order valence-corrected chi connectivity index (χ0v) is 13.2. The van der Waals surface area contributed by atoms with Gasteiger partial charge in [-0.1, -0.05) is 6.07 Å². The van der Waals surface area contributed by atoms with Gasteiger partial charge < -0.3 is 9.64 Å². The van der Waals surface area contributed by atoms with E-state index in [1.54, 1.807) is 37.5 Å². The van der Waals surface area contributed by atoms with Crippen LogP contribution in [0.5, 0.6) is 5.75 Å². The summed E-state index contributed by atoms with van der Waals surface area (Å²) in [5.74, 6) is -0.452.